The molecule has 0 bridgehead atoms. The maximum Gasteiger partial charge on any atom is 0.0134 e. The van der Waals surface area contributed by atoms with Crippen molar-refractivity contribution in [1.82, 2.24) is 5.32 Å². The zero-order chi connectivity index (χ0) is 9.66. The van der Waals surface area contributed by atoms with E-state index in [-0.39, 0.29) is 0 Å². The summed E-state index contributed by atoms with van der Waals surface area (Å²) >= 11 is 0. The SMILES string of the molecule is C/C=C\CNCCC.C=CC=C. The Morgan fingerprint density at radius 2 is 1.83 bits per heavy atom. The smallest absolute Gasteiger partial charge is 0.0134 e. The van der Waals surface area contributed by atoms with Gasteiger partial charge in [-0.25, -0.2) is 0 Å². The molecule has 0 aromatic heterocycles. The lowest BCUT2D eigenvalue weighted by Crippen LogP contribution is -2.13. The average Bonchev–Trinajstić information content (AvgIpc) is 2.13. The number of hydrogen-bond acceptors (Lipinski definition) is 1. The molecule has 0 aliphatic carbocycles. The molecule has 0 radical (unpaired) electrons. The molecule has 0 unspecified atom stereocenters. The lowest BCUT2D eigenvalue weighted by Gasteiger charge is -1.93. The van der Waals surface area contributed by atoms with Gasteiger partial charge in [0, 0.05) is 6.54 Å². The molecule has 0 aliphatic rings. The lowest BCUT2D eigenvalue weighted by molar-refractivity contribution is 0.729. The summed E-state index contributed by atoms with van der Waals surface area (Å²) in [5, 5.41) is 3.25. The van der Waals surface area contributed by atoms with Gasteiger partial charge in [0.1, 0.15) is 0 Å². The predicted octanol–water partition coefficient (Wildman–Crippen LogP) is 2.92. The van der Waals surface area contributed by atoms with E-state index in [1.807, 2.05) is 6.92 Å². The first kappa shape index (κ1) is 13.7. The van der Waals surface area contributed by atoms with Gasteiger partial charge in [0.2, 0.25) is 0 Å². The summed E-state index contributed by atoms with van der Waals surface area (Å²) < 4.78 is 0. The van der Waals surface area contributed by atoms with Crippen LogP contribution in [0.2, 0.25) is 0 Å². The van der Waals surface area contributed by atoms with E-state index < -0.39 is 0 Å². The molecule has 1 N–H and O–H groups in total. The van der Waals surface area contributed by atoms with E-state index in [1.54, 1.807) is 12.2 Å². The summed E-state index contributed by atoms with van der Waals surface area (Å²) in [6.45, 7) is 13.1. The van der Waals surface area contributed by atoms with Crippen LogP contribution in [-0.2, 0) is 0 Å². The Morgan fingerprint density at radius 3 is 2.17 bits per heavy atom. The summed E-state index contributed by atoms with van der Waals surface area (Å²) in [5.74, 6) is 0. The zero-order valence-electron chi connectivity index (χ0n) is 8.34. The van der Waals surface area contributed by atoms with Crippen LogP contribution in [0.25, 0.3) is 0 Å². The third-order valence-corrected chi connectivity index (χ3v) is 1.09. The molecule has 70 valence electrons. The zero-order valence-corrected chi connectivity index (χ0v) is 8.34. The van der Waals surface area contributed by atoms with E-state index in [1.165, 1.54) is 6.42 Å². The van der Waals surface area contributed by atoms with Crippen molar-refractivity contribution in [3.05, 3.63) is 37.5 Å². The average molecular weight is 167 g/mol. The maximum absolute atomic E-state index is 3.36. The van der Waals surface area contributed by atoms with Gasteiger partial charge in [-0.3, -0.25) is 0 Å². The molecule has 0 saturated carbocycles. The van der Waals surface area contributed by atoms with Gasteiger partial charge in [-0.15, -0.1) is 0 Å². The van der Waals surface area contributed by atoms with Gasteiger partial charge in [-0.2, -0.15) is 0 Å². The number of nitrogens with one attached hydrogen (secondary N) is 1. The lowest BCUT2D eigenvalue weighted by atomic mass is 10.4. The molecule has 0 atom stereocenters. The molecule has 0 amide bonds. The molecule has 1 nitrogen and oxygen atoms in total. The van der Waals surface area contributed by atoms with Gasteiger partial charge >= 0.3 is 0 Å². The summed E-state index contributed by atoms with van der Waals surface area (Å²) in [6, 6.07) is 0. The quantitative estimate of drug-likeness (QED) is 0.377. The highest BCUT2D eigenvalue weighted by atomic mass is 14.8. The molecule has 0 aromatic rings. The van der Waals surface area contributed by atoms with Crippen molar-refractivity contribution in [3.63, 3.8) is 0 Å². The molecule has 12 heavy (non-hydrogen) atoms. The van der Waals surface area contributed by atoms with Crippen molar-refractivity contribution >= 4 is 0 Å². The van der Waals surface area contributed by atoms with Crippen LogP contribution in [0.3, 0.4) is 0 Å². The van der Waals surface area contributed by atoms with Crippen molar-refractivity contribution in [1.29, 1.82) is 0 Å². The van der Waals surface area contributed by atoms with Crippen LogP contribution in [0, 0.1) is 0 Å². The highest BCUT2D eigenvalue weighted by Gasteiger charge is 1.74. The third-order valence-electron chi connectivity index (χ3n) is 1.09. The summed E-state index contributed by atoms with van der Waals surface area (Å²) in [4.78, 5) is 0. The van der Waals surface area contributed by atoms with Crippen molar-refractivity contribution < 1.29 is 0 Å². The Labute approximate surface area is 76.9 Å². The van der Waals surface area contributed by atoms with Crippen LogP contribution in [0.5, 0.6) is 0 Å². The second-order valence-electron chi connectivity index (χ2n) is 2.24. The van der Waals surface area contributed by atoms with E-state index in [2.05, 4.69) is 37.6 Å². The third kappa shape index (κ3) is 22.9. The van der Waals surface area contributed by atoms with E-state index in [0.29, 0.717) is 0 Å². The van der Waals surface area contributed by atoms with Gasteiger partial charge < -0.3 is 5.32 Å². The monoisotopic (exact) mass is 167 g/mol. The first-order chi connectivity index (χ1) is 5.83. The van der Waals surface area contributed by atoms with Gasteiger partial charge in [-0.05, 0) is 19.9 Å². The Morgan fingerprint density at radius 1 is 1.25 bits per heavy atom. The minimum atomic E-state index is 1.02. The summed E-state index contributed by atoms with van der Waals surface area (Å²) in [5.41, 5.74) is 0. The molecule has 0 saturated heterocycles. The van der Waals surface area contributed by atoms with Crippen LogP contribution in [0.1, 0.15) is 20.3 Å². The van der Waals surface area contributed by atoms with Crippen molar-refractivity contribution in [3.8, 4) is 0 Å². The normalized spacial score (nSPS) is 8.83. The van der Waals surface area contributed by atoms with Gasteiger partial charge in [-0.1, -0.05) is 44.4 Å². The Hall–Kier alpha value is -0.820. The van der Waals surface area contributed by atoms with Gasteiger partial charge in [0.25, 0.3) is 0 Å². The summed E-state index contributed by atoms with van der Waals surface area (Å²) in [6.07, 6.45) is 8.68. The number of allylic oxidation sites excluding steroid dienone is 3. The molecular weight excluding hydrogens is 146 g/mol. The van der Waals surface area contributed by atoms with Crippen LogP contribution in [0.4, 0.5) is 0 Å². The first-order valence-electron chi connectivity index (χ1n) is 4.38. The topological polar surface area (TPSA) is 12.0 Å². The predicted molar refractivity (Wildman–Crippen MR) is 58.4 cm³/mol. The standard InChI is InChI=1S/C7H15N.C4H6/c1-3-5-7-8-6-4-2;1-3-4-2/h3,5,8H,4,6-7H2,1-2H3;3-4H,1-2H2/b5-3-;. The van der Waals surface area contributed by atoms with Crippen molar-refractivity contribution in [2.24, 2.45) is 0 Å². The molecule has 1 heteroatoms. The molecule has 0 heterocycles. The van der Waals surface area contributed by atoms with Crippen LogP contribution in [-0.4, -0.2) is 13.1 Å². The Bertz CT molecular complexity index is 108. The van der Waals surface area contributed by atoms with Crippen molar-refractivity contribution in [2.45, 2.75) is 20.3 Å². The van der Waals surface area contributed by atoms with E-state index in [9.17, 15) is 0 Å². The fourth-order valence-electron chi connectivity index (χ4n) is 0.480. The highest BCUT2D eigenvalue weighted by Crippen LogP contribution is 1.70. The number of rotatable bonds is 5. The largest absolute Gasteiger partial charge is 0.313 e. The molecule has 0 aliphatic heterocycles. The Balaban J connectivity index is 0. The van der Waals surface area contributed by atoms with Crippen molar-refractivity contribution in [2.75, 3.05) is 13.1 Å². The first-order valence-corrected chi connectivity index (χ1v) is 4.38. The maximum atomic E-state index is 3.36. The fraction of sp³-hybridized carbons (Fsp3) is 0.455. The van der Waals surface area contributed by atoms with Gasteiger partial charge in [0.15, 0.2) is 0 Å². The van der Waals surface area contributed by atoms with E-state index in [4.69, 9.17) is 0 Å². The van der Waals surface area contributed by atoms with E-state index >= 15 is 0 Å². The van der Waals surface area contributed by atoms with Crippen LogP contribution in [0.15, 0.2) is 37.5 Å². The van der Waals surface area contributed by atoms with Crippen LogP contribution < -0.4 is 5.32 Å². The van der Waals surface area contributed by atoms with E-state index in [0.717, 1.165) is 13.1 Å². The highest BCUT2D eigenvalue weighted by molar-refractivity contribution is 4.88. The second-order valence-corrected chi connectivity index (χ2v) is 2.24. The molecule has 0 spiro atoms. The molecule has 0 rings (SSSR count). The minimum absolute atomic E-state index is 1.02. The van der Waals surface area contributed by atoms with Crippen LogP contribution >= 0.6 is 0 Å². The summed E-state index contributed by atoms with van der Waals surface area (Å²) in [7, 11) is 0. The molecule has 0 fully saturated rings. The van der Waals surface area contributed by atoms with Gasteiger partial charge in [0.05, 0.1) is 0 Å². The second kappa shape index (κ2) is 16.6. The minimum Gasteiger partial charge on any atom is -0.313 e. The molecular formula is C11H21N. The fourth-order valence-corrected chi connectivity index (χ4v) is 0.480. The Kier molecular flexibility index (Phi) is 19.1. The molecule has 0 aromatic carbocycles. The number of hydrogen-bond donors (Lipinski definition) is 1.